The SMILES string of the molecule is CCCC(n1c(=O)c(=O)[nH]c2c3ccccc3c([N+](=O)[O-])cc21)P(=O)(OCC)OCC. The molecule has 0 saturated carbocycles. The summed E-state index contributed by atoms with van der Waals surface area (Å²) in [4.78, 5) is 39.3. The lowest BCUT2D eigenvalue weighted by molar-refractivity contribution is -0.383. The van der Waals surface area contributed by atoms with Crippen LogP contribution in [-0.2, 0) is 13.6 Å². The van der Waals surface area contributed by atoms with Crippen LogP contribution in [-0.4, -0.2) is 27.7 Å². The van der Waals surface area contributed by atoms with E-state index in [1.807, 2.05) is 6.92 Å². The number of non-ortho nitro benzene ring substituents is 1. The van der Waals surface area contributed by atoms with E-state index in [0.717, 1.165) is 4.57 Å². The summed E-state index contributed by atoms with van der Waals surface area (Å²) < 4.78 is 25.6. The summed E-state index contributed by atoms with van der Waals surface area (Å²) >= 11 is 0. The highest BCUT2D eigenvalue weighted by molar-refractivity contribution is 7.54. The van der Waals surface area contributed by atoms with Gasteiger partial charge in [0.05, 0.1) is 34.6 Å². The number of H-pyrrole nitrogens is 1. The van der Waals surface area contributed by atoms with Gasteiger partial charge in [-0.05, 0) is 26.3 Å². The van der Waals surface area contributed by atoms with E-state index in [1.165, 1.54) is 6.07 Å². The monoisotopic (exact) mass is 449 g/mol. The molecular formula is C20H24N3O7P. The molecule has 0 fully saturated rings. The number of hydrogen-bond acceptors (Lipinski definition) is 7. The van der Waals surface area contributed by atoms with Crippen molar-refractivity contribution >= 4 is 35.1 Å². The van der Waals surface area contributed by atoms with Gasteiger partial charge >= 0.3 is 18.7 Å². The first-order chi connectivity index (χ1) is 14.8. The molecule has 1 N–H and O–H groups in total. The van der Waals surface area contributed by atoms with Gasteiger partial charge in [-0.25, -0.2) is 0 Å². The molecule has 2 aromatic carbocycles. The zero-order valence-corrected chi connectivity index (χ0v) is 18.4. The molecule has 10 nitrogen and oxygen atoms in total. The summed E-state index contributed by atoms with van der Waals surface area (Å²) in [7, 11) is -3.88. The summed E-state index contributed by atoms with van der Waals surface area (Å²) in [6.45, 7) is 5.25. The molecule has 0 saturated heterocycles. The number of aromatic nitrogens is 2. The topological polar surface area (TPSA) is 134 Å². The van der Waals surface area contributed by atoms with E-state index < -0.39 is 29.4 Å². The minimum absolute atomic E-state index is 0.0659. The van der Waals surface area contributed by atoms with E-state index in [4.69, 9.17) is 9.05 Å². The molecule has 1 atom stereocenters. The van der Waals surface area contributed by atoms with Crippen molar-refractivity contribution in [3.8, 4) is 0 Å². The molecule has 0 radical (unpaired) electrons. The molecule has 1 unspecified atom stereocenters. The Balaban J connectivity index is 2.52. The van der Waals surface area contributed by atoms with Crippen LogP contribution in [0.15, 0.2) is 39.9 Å². The second-order valence-corrected chi connectivity index (χ2v) is 9.06. The maximum atomic E-state index is 13.6. The van der Waals surface area contributed by atoms with Crippen molar-refractivity contribution in [3.05, 3.63) is 61.2 Å². The lowest BCUT2D eigenvalue weighted by atomic mass is 10.1. The quantitative estimate of drug-likeness (QED) is 0.169. The Labute approximate surface area is 177 Å². The average Bonchev–Trinajstić information content (AvgIpc) is 2.73. The van der Waals surface area contributed by atoms with Crippen LogP contribution in [0.25, 0.3) is 21.8 Å². The van der Waals surface area contributed by atoms with Crippen molar-refractivity contribution in [2.75, 3.05) is 13.2 Å². The van der Waals surface area contributed by atoms with Crippen molar-refractivity contribution in [1.82, 2.24) is 9.55 Å². The summed E-state index contributed by atoms with van der Waals surface area (Å²) in [6, 6.07) is 7.73. The van der Waals surface area contributed by atoms with Crippen molar-refractivity contribution < 1.29 is 18.5 Å². The van der Waals surface area contributed by atoms with Crippen LogP contribution in [0.2, 0.25) is 0 Å². The summed E-state index contributed by atoms with van der Waals surface area (Å²) in [6.07, 6.45) is 0.710. The first-order valence-corrected chi connectivity index (χ1v) is 11.6. The van der Waals surface area contributed by atoms with E-state index in [1.54, 1.807) is 38.1 Å². The first kappa shape index (κ1) is 22.9. The summed E-state index contributed by atoms with van der Waals surface area (Å²) in [5.74, 6) is -1.12. The van der Waals surface area contributed by atoms with E-state index in [2.05, 4.69) is 4.98 Å². The van der Waals surface area contributed by atoms with Gasteiger partial charge < -0.3 is 14.0 Å². The molecule has 3 rings (SSSR count). The van der Waals surface area contributed by atoms with Crippen molar-refractivity contribution in [3.63, 3.8) is 0 Å². The maximum Gasteiger partial charge on any atom is 0.353 e. The van der Waals surface area contributed by atoms with Crippen LogP contribution in [0.4, 0.5) is 5.69 Å². The molecule has 1 aromatic heterocycles. The van der Waals surface area contributed by atoms with E-state index in [0.29, 0.717) is 17.2 Å². The standard InChI is InChI=1S/C20H24N3O7P/c1-4-9-17(31(28,29-5-2)30-6-3)22-16-12-15(23(26)27)13-10-7-8-11-14(13)18(16)21-19(24)20(22)25/h7-8,10-12,17H,4-6,9H2,1-3H3,(H,21,24). The zero-order valence-electron chi connectivity index (χ0n) is 17.5. The molecule has 1 heterocycles. The Bertz CT molecular complexity index is 1290. The van der Waals surface area contributed by atoms with Crippen LogP contribution in [0.1, 0.15) is 39.4 Å². The summed E-state index contributed by atoms with van der Waals surface area (Å²) in [5.41, 5.74) is -1.80. The molecular weight excluding hydrogens is 425 g/mol. The third kappa shape index (κ3) is 4.06. The number of nitrogens with one attached hydrogen (secondary N) is 1. The Morgan fingerprint density at radius 1 is 1.13 bits per heavy atom. The normalized spacial score (nSPS) is 13.0. The number of nitrogens with zero attached hydrogens (tertiary/aromatic N) is 2. The molecule has 0 aliphatic heterocycles. The van der Waals surface area contributed by atoms with Crippen molar-refractivity contribution in [2.24, 2.45) is 0 Å². The lowest BCUT2D eigenvalue weighted by Crippen LogP contribution is -2.38. The third-order valence-electron chi connectivity index (χ3n) is 4.94. The molecule has 0 spiro atoms. The molecule has 0 aliphatic rings. The number of hydrogen-bond donors (Lipinski definition) is 1. The Kier molecular flexibility index (Phi) is 6.74. The molecule has 0 bridgehead atoms. The second-order valence-electron chi connectivity index (χ2n) is 6.87. The molecule has 0 amide bonds. The smallest absolute Gasteiger partial charge is 0.315 e. The first-order valence-electron chi connectivity index (χ1n) is 10.0. The fourth-order valence-corrected chi connectivity index (χ4v) is 5.98. The van der Waals surface area contributed by atoms with Gasteiger partial charge in [-0.1, -0.05) is 31.5 Å². The molecule has 3 aromatic rings. The Morgan fingerprint density at radius 3 is 2.29 bits per heavy atom. The van der Waals surface area contributed by atoms with Gasteiger partial charge in [0.1, 0.15) is 5.78 Å². The van der Waals surface area contributed by atoms with E-state index in [-0.39, 0.29) is 36.4 Å². The third-order valence-corrected chi connectivity index (χ3v) is 7.39. The number of fused-ring (bicyclic) bond motifs is 3. The van der Waals surface area contributed by atoms with Gasteiger partial charge in [0.15, 0.2) is 0 Å². The number of rotatable bonds is 9. The van der Waals surface area contributed by atoms with Gasteiger partial charge in [0.2, 0.25) is 0 Å². The van der Waals surface area contributed by atoms with Gasteiger partial charge in [-0.3, -0.25) is 28.8 Å². The van der Waals surface area contributed by atoms with Gasteiger partial charge in [-0.15, -0.1) is 0 Å². The lowest BCUT2D eigenvalue weighted by Gasteiger charge is -2.28. The minimum atomic E-state index is -3.88. The zero-order chi connectivity index (χ0) is 22.8. The van der Waals surface area contributed by atoms with Crippen LogP contribution in [0.5, 0.6) is 0 Å². The fourth-order valence-electron chi connectivity index (χ4n) is 3.75. The molecule has 166 valence electrons. The minimum Gasteiger partial charge on any atom is -0.315 e. The molecule has 11 heteroatoms. The number of nitro groups is 1. The predicted molar refractivity (Wildman–Crippen MR) is 118 cm³/mol. The number of benzene rings is 2. The molecule has 31 heavy (non-hydrogen) atoms. The largest absolute Gasteiger partial charge is 0.353 e. The van der Waals surface area contributed by atoms with Crippen LogP contribution in [0, 0.1) is 10.1 Å². The number of nitro benzene ring substituents is 1. The van der Waals surface area contributed by atoms with E-state index in [9.17, 15) is 24.3 Å². The maximum absolute atomic E-state index is 13.6. The highest BCUT2D eigenvalue weighted by Gasteiger charge is 2.38. The fraction of sp³-hybridized carbons (Fsp3) is 0.400. The van der Waals surface area contributed by atoms with Gasteiger partial charge in [-0.2, -0.15) is 0 Å². The van der Waals surface area contributed by atoms with Crippen LogP contribution in [0.3, 0.4) is 0 Å². The highest BCUT2D eigenvalue weighted by atomic mass is 31.2. The van der Waals surface area contributed by atoms with Crippen molar-refractivity contribution in [2.45, 2.75) is 39.4 Å². The van der Waals surface area contributed by atoms with Crippen molar-refractivity contribution in [1.29, 1.82) is 0 Å². The predicted octanol–water partition coefficient (Wildman–Crippen LogP) is 4.32. The Morgan fingerprint density at radius 2 is 1.74 bits per heavy atom. The van der Waals surface area contributed by atoms with Crippen LogP contribution < -0.4 is 11.1 Å². The average molecular weight is 449 g/mol. The summed E-state index contributed by atoms with van der Waals surface area (Å²) in [5, 5.41) is 12.5. The van der Waals surface area contributed by atoms with Gasteiger partial charge in [0.25, 0.3) is 5.69 Å². The van der Waals surface area contributed by atoms with Crippen LogP contribution >= 0.6 is 7.60 Å². The molecule has 0 aliphatic carbocycles. The Hall–Kier alpha value is -2.81. The van der Waals surface area contributed by atoms with E-state index >= 15 is 0 Å². The van der Waals surface area contributed by atoms with Gasteiger partial charge in [0, 0.05) is 11.5 Å². The number of aromatic amines is 1. The second kappa shape index (κ2) is 9.13. The highest BCUT2D eigenvalue weighted by Crippen LogP contribution is 2.60.